The highest BCUT2D eigenvalue weighted by Crippen LogP contribution is 2.34. The molecule has 0 spiro atoms. The highest BCUT2D eigenvalue weighted by molar-refractivity contribution is 9.10. The summed E-state index contributed by atoms with van der Waals surface area (Å²) < 4.78 is 43.4. The number of nitrogens with one attached hydrogen (secondary N) is 1. The maximum Gasteiger partial charge on any atom is 0.416 e. The number of rotatable bonds is 4. The van der Waals surface area contributed by atoms with Gasteiger partial charge in [-0.25, -0.2) is 0 Å². The fourth-order valence-corrected chi connectivity index (χ4v) is 2.39. The molecule has 1 N–H and O–H groups in total. The van der Waals surface area contributed by atoms with Crippen molar-refractivity contribution in [2.45, 2.75) is 12.7 Å². The first-order valence-electron chi connectivity index (χ1n) is 6.14. The van der Waals surface area contributed by atoms with Crippen molar-refractivity contribution in [2.75, 3.05) is 12.4 Å². The van der Waals surface area contributed by atoms with Gasteiger partial charge in [0, 0.05) is 22.3 Å². The second-order valence-corrected chi connectivity index (χ2v) is 5.21. The lowest BCUT2D eigenvalue weighted by Crippen LogP contribution is -2.06. The zero-order chi connectivity index (χ0) is 15.5. The van der Waals surface area contributed by atoms with E-state index in [-0.39, 0.29) is 0 Å². The average Bonchev–Trinajstić information content (AvgIpc) is 2.45. The molecule has 0 radical (unpaired) electrons. The van der Waals surface area contributed by atoms with E-state index in [1.165, 1.54) is 6.07 Å². The van der Waals surface area contributed by atoms with Crippen molar-refractivity contribution < 1.29 is 17.9 Å². The number of ether oxygens (including phenoxy) is 1. The Kier molecular flexibility index (Phi) is 4.77. The maximum atomic E-state index is 12.6. The van der Waals surface area contributed by atoms with Crippen LogP contribution in [0.5, 0.6) is 5.75 Å². The first kappa shape index (κ1) is 15.7. The molecule has 0 bridgehead atoms. The van der Waals surface area contributed by atoms with E-state index in [0.717, 1.165) is 23.4 Å². The minimum Gasteiger partial charge on any atom is -0.496 e. The van der Waals surface area contributed by atoms with Crippen LogP contribution in [0.2, 0.25) is 0 Å². The van der Waals surface area contributed by atoms with Gasteiger partial charge < -0.3 is 10.1 Å². The maximum absolute atomic E-state index is 12.6. The molecule has 0 fully saturated rings. The number of halogens is 4. The Hall–Kier alpha value is -1.69. The van der Waals surface area contributed by atoms with Gasteiger partial charge in [0.2, 0.25) is 0 Å². The molecular formula is C15H13BrF3NO. The normalized spacial score (nSPS) is 11.3. The van der Waals surface area contributed by atoms with Gasteiger partial charge in [-0.05, 0) is 40.2 Å². The molecule has 0 unspecified atom stereocenters. The minimum absolute atomic E-state index is 0.368. The monoisotopic (exact) mass is 359 g/mol. The van der Waals surface area contributed by atoms with E-state index in [1.54, 1.807) is 7.11 Å². The molecule has 6 heteroatoms. The number of methoxy groups -OCH3 is 1. The number of benzene rings is 2. The van der Waals surface area contributed by atoms with Crippen molar-refractivity contribution in [3.8, 4) is 5.75 Å². The van der Waals surface area contributed by atoms with Crippen molar-refractivity contribution >= 4 is 21.6 Å². The predicted octanol–water partition coefficient (Wildman–Crippen LogP) is 5.09. The summed E-state index contributed by atoms with van der Waals surface area (Å²) in [7, 11) is 1.58. The van der Waals surface area contributed by atoms with Gasteiger partial charge in [-0.2, -0.15) is 13.2 Å². The molecule has 2 aromatic carbocycles. The van der Waals surface area contributed by atoms with Crippen LogP contribution < -0.4 is 10.1 Å². The van der Waals surface area contributed by atoms with Gasteiger partial charge in [-0.15, -0.1) is 0 Å². The van der Waals surface area contributed by atoms with Gasteiger partial charge in [0.25, 0.3) is 0 Å². The number of hydrogen-bond donors (Lipinski definition) is 1. The van der Waals surface area contributed by atoms with Crippen LogP contribution in [-0.2, 0) is 12.7 Å². The molecule has 2 nitrogen and oxygen atoms in total. The molecule has 0 aromatic heterocycles. The Balaban J connectivity index is 2.14. The highest BCUT2D eigenvalue weighted by atomic mass is 79.9. The molecule has 0 amide bonds. The van der Waals surface area contributed by atoms with Crippen molar-refractivity contribution in [3.05, 3.63) is 58.1 Å². The molecule has 0 aliphatic carbocycles. The second kappa shape index (κ2) is 6.39. The van der Waals surface area contributed by atoms with Crippen molar-refractivity contribution in [1.29, 1.82) is 0 Å². The van der Waals surface area contributed by atoms with E-state index < -0.39 is 11.7 Å². The van der Waals surface area contributed by atoms with Crippen LogP contribution in [0.15, 0.2) is 46.9 Å². The largest absolute Gasteiger partial charge is 0.496 e. The summed E-state index contributed by atoms with van der Waals surface area (Å²) in [6, 6.07) is 11.0. The average molecular weight is 360 g/mol. The zero-order valence-corrected chi connectivity index (χ0v) is 12.8. The fourth-order valence-electron chi connectivity index (χ4n) is 1.87. The lowest BCUT2D eigenvalue weighted by molar-refractivity contribution is -0.137. The third-order valence-corrected chi connectivity index (χ3v) is 3.61. The lowest BCUT2D eigenvalue weighted by atomic mass is 10.1. The molecule has 21 heavy (non-hydrogen) atoms. The van der Waals surface area contributed by atoms with E-state index in [2.05, 4.69) is 21.2 Å². The lowest BCUT2D eigenvalue weighted by Gasteiger charge is -2.13. The molecule has 112 valence electrons. The Morgan fingerprint density at radius 3 is 2.48 bits per heavy atom. The summed E-state index contributed by atoms with van der Waals surface area (Å²) in [6.07, 6.45) is -4.34. The third-order valence-electron chi connectivity index (χ3n) is 2.96. The summed E-state index contributed by atoms with van der Waals surface area (Å²) in [6.45, 7) is 0.452. The van der Waals surface area contributed by atoms with E-state index in [9.17, 15) is 13.2 Å². The van der Waals surface area contributed by atoms with Crippen LogP contribution in [0.3, 0.4) is 0 Å². The Morgan fingerprint density at radius 2 is 1.86 bits per heavy atom. The number of hydrogen-bond acceptors (Lipinski definition) is 2. The predicted molar refractivity (Wildman–Crippen MR) is 79.5 cm³/mol. The Bertz CT molecular complexity index is 629. The van der Waals surface area contributed by atoms with E-state index >= 15 is 0 Å². The van der Waals surface area contributed by atoms with Crippen molar-refractivity contribution in [2.24, 2.45) is 0 Å². The summed E-state index contributed by atoms with van der Waals surface area (Å²) in [5, 5.41) is 3.09. The Labute approximate surface area is 129 Å². The van der Waals surface area contributed by atoms with Gasteiger partial charge in [-0.1, -0.05) is 18.2 Å². The topological polar surface area (TPSA) is 21.3 Å². The molecular weight excluding hydrogens is 347 g/mol. The van der Waals surface area contributed by atoms with Gasteiger partial charge in [0.1, 0.15) is 5.75 Å². The zero-order valence-electron chi connectivity index (χ0n) is 11.2. The van der Waals surface area contributed by atoms with Gasteiger partial charge in [-0.3, -0.25) is 0 Å². The van der Waals surface area contributed by atoms with Crippen LogP contribution in [0.1, 0.15) is 11.1 Å². The minimum atomic E-state index is -4.34. The van der Waals surface area contributed by atoms with Gasteiger partial charge in [0.15, 0.2) is 0 Å². The summed E-state index contributed by atoms with van der Waals surface area (Å²) in [5.74, 6) is 0.730. The van der Waals surface area contributed by atoms with Crippen molar-refractivity contribution in [3.63, 3.8) is 0 Å². The molecule has 0 aliphatic rings. The third kappa shape index (κ3) is 3.91. The van der Waals surface area contributed by atoms with E-state index in [0.29, 0.717) is 16.7 Å². The van der Waals surface area contributed by atoms with Crippen molar-refractivity contribution in [1.82, 2.24) is 0 Å². The molecule has 0 heterocycles. The first-order chi connectivity index (χ1) is 9.91. The smallest absolute Gasteiger partial charge is 0.416 e. The molecule has 2 rings (SSSR count). The van der Waals surface area contributed by atoms with Crippen LogP contribution >= 0.6 is 15.9 Å². The van der Waals surface area contributed by atoms with E-state index in [1.807, 2.05) is 24.3 Å². The molecule has 0 saturated heterocycles. The first-order valence-corrected chi connectivity index (χ1v) is 6.93. The Morgan fingerprint density at radius 1 is 1.14 bits per heavy atom. The quantitative estimate of drug-likeness (QED) is 0.820. The second-order valence-electron chi connectivity index (χ2n) is 4.36. The summed E-state index contributed by atoms with van der Waals surface area (Å²) >= 11 is 3.15. The molecule has 0 atom stereocenters. The fraction of sp³-hybridized carbons (Fsp3) is 0.200. The van der Waals surface area contributed by atoms with Crippen LogP contribution in [0.4, 0.5) is 18.9 Å². The molecule has 0 aliphatic heterocycles. The van der Waals surface area contributed by atoms with Gasteiger partial charge >= 0.3 is 6.18 Å². The SMILES string of the molecule is COc1ccccc1CNc1ccc(C(F)(F)F)cc1Br. The van der Waals surface area contributed by atoms with Crippen LogP contribution in [0, 0.1) is 0 Å². The number of anilines is 1. The standard InChI is InChI=1S/C15H13BrF3NO/c1-21-14-5-3-2-4-10(14)9-20-13-7-6-11(8-12(13)16)15(17,18)19/h2-8,20H,9H2,1H3. The number of para-hydroxylation sites is 1. The number of alkyl halides is 3. The van der Waals surface area contributed by atoms with E-state index in [4.69, 9.17) is 4.74 Å². The summed E-state index contributed by atoms with van der Waals surface area (Å²) in [5.41, 5.74) is 0.831. The van der Waals surface area contributed by atoms with Crippen LogP contribution in [-0.4, -0.2) is 7.11 Å². The highest BCUT2D eigenvalue weighted by Gasteiger charge is 2.30. The molecule has 2 aromatic rings. The molecule has 0 saturated carbocycles. The summed E-state index contributed by atoms with van der Waals surface area (Å²) in [4.78, 5) is 0. The van der Waals surface area contributed by atoms with Crippen LogP contribution in [0.25, 0.3) is 0 Å². The van der Waals surface area contributed by atoms with Gasteiger partial charge in [0.05, 0.1) is 12.7 Å².